The van der Waals surface area contributed by atoms with E-state index in [1.54, 1.807) is 4.90 Å². The van der Waals surface area contributed by atoms with Crippen molar-refractivity contribution in [2.24, 2.45) is 5.92 Å². The monoisotopic (exact) mass is 233 g/mol. The zero-order valence-electron chi connectivity index (χ0n) is 9.44. The van der Waals surface area contributed by atoms with Crippen molar-refractivity contribution < 1.29 is 13.9 Å². The number of benzene rings is 1. The molecule has 1 heterocycles. The maximum absolute atomic E-state index is 13.0. The molecule has 1 fully saturated rings. The lowest BCUT2D eigenvalue weighted by Gasteiger charge is -2.18. The quantitative estimate of drug-likeness (QED) is 0.729. The Morgan fingerprint density at radius 3 is 2.94 bits per heavy atom. The minimum Gasteiger partial charge on any atom is -0.494 e. The molecule has 0 radical (unpaired) electrons. The zero-order chi connectivity index (χ0) is 12.4. The summed E-state index contributed by atoms with van der Waals surface area (Å²) in [6, 6.07) is 4.09. The molecule has 88 valence electrons. The molecule has 1 amide bonds. The molecule has 1 saturated heterocycles. The number of rotatable bonds is 2. The molecule has 2 rings (SSSR count). The minimum absolute atomic E-state index is 0.0575. The summed E-state index contributed by atoms with van der Waals surface area (Å²) in [6.07, 6.45) is 5.64. The van der Waals surface area contributed by atoms with E-state index in [0.29, 0.717) is 24.4 Å². The Balaban J connectivity index is 2.35. The van der Waals surface area contributed by atoms with Gasteiger partial charge in [-0.3, -0.25) is 4.79 Å². The molecule has 0 aliphatic carbocycles. The third-order valence-electron chi connectivity index (χ3n) is 2.79. The van der Waals surface area contributed by atoms with Gasteiger partial charge in [0.2, 0.25) is 5.91 Å². The Hall–Kier alpha value is -2.02. The van der Waals surface area contributed by atoms with Crippen LogP contribution in [0.1, 0.15) is 6.42 Å². The number of halogens is 1. The average Bonchev–Trinajstić information content (AvgIpc) is 2.70. The van der Waals surface area contributed by atoms with Gasteiger partial charge < -0.3 is 9.64 Å². The Bertz CT molecular complexity index is 493. The van der Waals surface area contributed by atoms with E-state index in [1.165, 1.54) is 25.3 Å². The molecule has 1 aliphatic heterocycles. The largest absolute Gasteiger partial charge is 0.494 e. The van der Waals surface area contributed by atoms with Crippen molar-refractivity contribution in [2.45, 2.75) is 6.42 Å². The van der Waals surface area contributed by atoms with Crippen LogP contribution in [0.3, 0.4) is 0 Å². The van der Waals surface area contributed by atoms with Gasteiger partial charge in [-0.15, -0.1) is 12.3 Å². The summed E-state index contributed by atoms with van der Waals surface area (Å²) in [6.45, 7) is 0.456. The number of methoxy groups -OCH3 is 1. The van der Waals surface area contributed by atoms with E-state index in [2.05, 4.69) is 5.92 Å². The highest BCUT2D eigenvalue weighted by atomic mass is 19.1. The fourth-order valence-electron chi connectivity index (χ4n) is 1.93. The van der Waals surface area contributed by atoms with E-state index in [0.717, 1.165) is 0 Å². The van der Waals surface area contributed by atoms with Gasteiger partial charge in [0, 0.05) is 24.9 Å². The summed E-state index contributed by atoms with van der Waals surface area (Å²) in [5, 5.41) is 0. The molecular weight excluding hydrogens is 221 g/mol. The summed E-state index contributed by atoms with van der Waals surface area (Å²) >= 11 is 0. The first-order valence-corrected chi connectivity index (χ1v) is 5.25. The first-order valence-electron chi connectivity index (χ1n) is 5.25. The van der Waals surface area contributed by atoms with Crippen molar-refractivity contribution in [1.82, 2.24) is 0 Å². The van der Waals surface area contributed by atoms with Crippen LogP contribution in [0.5, 0.6) is 5.75 Å². The third kappa shape index (κ3) is 2.09. The van der Waals surface area contributed by atoms with Gasteiger partial charge in [0.05, 0.1) is 12.8 Å². The number of carbonyl (C=O) groups is 1. The number of nitrogens with zero attached hydrogens (tertiary/aromatic N) is 1. The lowest BCUT2D eigenvalue weighted by molar-refractivity contribution is -0.117. The zero-order valence-corrected chi connectivity index (χ0v) is 9.44. The standard InChI is InChI=1S/C13H12FNO2/c1-3-9-6-13(16)15(8-9)11-5-4-10(14)7-12(11)17-2/h1,4-5,7,9H,6,8H2,2H3. The predicted molar refractivity (Wildman–Crippen MR) is 62.2 cm³/mol. The summed E-state index contributed by atoms with van der Waals surface area (Å²) < 4.78 is 18.1. The fraction of sp³-hybridized carbons (Fsp3) is 0.308. The van der Waals surface area contributed by atoms with Gasteiger partial charge in [-0.2, -0.15) is 0 Å². The van der Waals surface area contributed by atoms with Crippen LogP contribution < -0.4 is 9.64 Å². The van der Waals surface area contributed by atoms with E-state index in [9.17, 15) is 9.18 Å². The van der Waals surface area contributed by atoms with Gasteiger partial charge in [-0.05, 0) is 12.1 Å². The van der Waals surface area contributed by atoms with Crippen LogP contribution in [0.15, 0.2) is 18.2 Å². The van der Waals surface area contributed by atoms with Gasteiger partial charge in [0.25, 0.3) is 0 Å². The van der Waals surface area contributed by atoms with Gasteiger partial charge >= 0.3 is 0 Å². The second kappa shape index (κ2) is 4.46. The van der Waals surface area contributed by atoms with Crippen molar-refractivity contribution in [1.29, 1.82) is 0 Å². The Morgan fingerprint density at radius 2 is 2.35 bits per heavy atom. The summed E-state index contributed by atoms with van der Waals surface area (Å²) in [5.74, 6) is 2.37. The molecule has 0 spiro atoms. The normalized spacial score (nSPS) is 19.2. The van der Waals surface area contributed by atoms with Gasteiger partial charge in [0.15, 0.2) is 0 Å². The van der Waals surface area contributed by atoms with E-state index < -0.39 is 5.82 Å². The molecule has 4 heteroatoms. The molecule has 17 heavy (non-hydrogen) atoms. The molecule has 0 bridgehead atoms. The molecule has 3 nitrogen and oxygen atoms in total. The summed E-state index contributed by atoms with van der Waals surface area (Å²) in [4.78, 5) is 13.3. The van der Waals surface area contributed by atoms with E-state index in [-0.39, 0.29) is 11.8 Å². The van der Waals surface area contributed by atoms with Crippen LogP contribution in [0.2, 0.25) is 0 Å². The molecule has 1 aromatic carbocycles. The van der Waals surface area contributed by atoms with E-state index >= 15 is 0 Å². The van der Waals surface area contributed by atoms with Crippen LogP contribution in [0.4, 0.5) is 10.1 Å². The minimum atomic E-state index is -0.397. The maximum atomic E-state index is 13.0. The third-order valence-corrected chi connectivity index (χ3v) is 2.79. The highest BCUT2D eigenvalue weighted by Crippen LogP contribution is 2.33. The smallest absolute Gasteiger partial charge is 0.228 e. The predicted octanol–water partition coefficient (Wildman–Crippen LogP) is 1.82. The number of ether oxygens (including phenoxy) is 1. The number of terminal acetylenes is 1. The molecular formula is C13H12FNO2. The Morgan fingerprint density at radius 1 is 1.59 bits per heavy atom. The SMILES string of the molecule is C#CC1CC(=O)N(c2ccc(F)cc2OC)C1. The summed E-state index contributed by atoms with van der Waals surface area (Å²) in [7, 11) is 1.44. The van der Waals surface area contributed by atoms with Crippen LogP contribution in [0.25, 0.3) is 0 Å². The van der Waals surface area contributed by atoms with Crippen LogP contribution >= 0.6 is 0 Å². The van der Waals surface area contributed by atoms with Gasteiger partial charge in [-0.1, -0.05) is 0 Å². The van der Waals surface area contributed by atoms with Crippen LogP contribution in [-0.4, -0.2) is 19.6 Å². The van der Waals surface area contributed by atoms with E-state index in [4.69, 9.17) is 11.2 Å². The van der Waals surface area contributed by atoms with Gasteiger partial charge in [-0.25, -0.2) is 4.39 Å². The Kier molecular flexibility index (Phi) is 3.01. The first-order chi connectivity index (χ1) is 8.15. The molecule has 1 aromatic rings. The molecule has 1 unspecified atom stereocenters. The van der Waals surface area contributed by atoms with Crippen molar-refractivity contribution in [3.63, 3.8) is 0 Å². The lowest BCUT2D eigenvalue weighted by Crippen LogP contribution is -2.24. The molecule has 0 aromatic heterocycles. The molecule has 1 aliphatic rings. The summed E-state index contributed by atoms with van der Waals surface area (Å²) in [5.41, 5.74) is 0.566. The number of anilines is 1. The first kappa shape index (κ1) is 11.5. The highest BCUT2D eigenvalue weighted by Gasteiger charge is 2.31. The van der Waals surface area contributed by atoms with Crippen LogP contribution in [0, 0.1) is 24.1 Å². The van der Waals surface area contributed by atoms with Crippen molar-refractivity contribution in [3.8, 4) is 18.1 Å². The Labute approximate surface area is 99.2 Å². The molecule has 0 N–H and O–H groups in total. The number of amides is 1. The van der Waals surface area contributed by atoms with Crippen LogP contribution in [-0.2, 0) is 4.79 Å². The second-order valence-electron chi connectivity index (χ2n) is 3.89. The number of carbonyl (C=O) groups excluding carboxylic acids is 1. The highest BCUT2D eigenvalue weighted by molar-refractivity contribution is 5.97. The topological polar surface area (TPSA) is 29.5 Å². The second-order valence-corrected chi connectivity index (χ2v) is 3.89. The lowest BCUT2D eigenvalue weighted by atomic mass is 10.1. The maximum Gasteiger partial charge on any atom is 0.228 e. The van der Waals surface area contributed by atoms with Crippen molar-refractivity contribution in [2.75, 3.05) is 18.6 Å². The number of hydrogen-bond acceptors (Lipinski definition) is 2. The number of hydrogen-bond donors (Lipinski definition) is 0. The molecule has 0 saturated carbocycles. The van der Waals surface area contributed by atoms with E-state index in [1.807, 2.05) is 0 Å². The average molecular weight is 233 g/mol. The molecule has 1 atom stereocenters. The van der Waals surface area contributed by atoms with Crippen molar-refractivity contribution >= 4 is 11.6 Å². The van der Waals surface area contributed by atoms with Crippen molar-refractivity contribution in [3.05, 3.63) is 24.0 Å². The van der Waals surface area contributed by atoms with Gasteiger partial charge in [0.1, 0.15) is 11.6 Å². The fourth-order valence-corrected chi connectivity index (χ4v) is 1.93.